The summed E-state index contributed by atoms with van der Waals surface area (Å²) in [5.74, 6) is 1.69. The molecule has 4 heteroatoms. The maximum atomic E-state index is 5.39. The predicted molar refractivity (Wildman–Crippen MR) is 132 cm³/mol. The molecule has 0 unspecified atom stereocenters. The van der Waals surface area contributed by atoms with E-state index in [-0.39, 0.29) is 0 Å². The molecule has 0 aromatic heterocycles. The molecule has 0 fully saturated rings. The van der Waals surface area contributed by atoms with Crippen LogP contribution >= 0.6 is 0 Å². The lowest BCUT2D eigenvalue weighted by Gasteiger charge is -2.09. The van der Waals surface area contributed by atoms with Crippen molar-refractivity contribution >= 4 is 45.4 Å². The number of allylic oxidation sites excluding steroid dienone is 2. The fraction of sp³-hybridized carbons (Fsp3) is 0.0714. The highest BCUT2D eigenvalue weighted by atomic mass is 16.5. The molecular weight excluding hydrogens is 396 g/mol. The summed E-state index contributed by atoms with van der Waals surface area (Å²) in [4.78, 5) is 9.64. The van der Waals surface area contributed by atoms with E-state index in [1.807, 2.05) is 24.6 Å². The lowest BCUT2D eigenvalue weighted by molar-refractivity contribution is 0.415. The number of benzene rings is 4. The second-order valence-electron chi connectivity index (χ2n) is 7.83. The zero-order valence-corrected chi connectivity index (χ0v) is 17.8. The average Bonchev–Trinajstić information content (AvgIpc) is 3.45. The van der Waals surface area contributed by atoms with Crippen LogP contribution in [0.4, 0.5) is 0 Å². The summed E-state index contributed by atoms with van der Waals surface area (Å²) in [6.45, 7) is 0. The molecule has 4 aromatic rings. The molecule has 154 valence electrons. The zero-order chi connectivity index (χ0) is 21.7. The van der Waals surface area contributed by atoms with Crippen molar-refractivity contribution in [3.05, 3.63) is 95.1 Å². The first kappa shape index (κ1) is 18.6. The molecule has 0 saturated heterocycles. The molecule has 0 amide bonds. The summed E-state index contributed by atoms with van der Waals surface area (Å²) in [7, 11) is 3.38. The van der Waals surface area contributed by atoms with E-state index >= 15 is 0 Å². The fourth-order valence-corrected chi connectivity index (χ4v) is 4.53. The standard InChI is InChI=1S/C28H20N2O2/c1-31-19-9-11-21-17(13-19)5-3-7-23(21)27-25-15-30-28(26(25)16-29-27)24-8-4-6-18-14-20(32-2)10-12-22(18)24/h3-16H,1-2H3. The Kier molecular flexibility index (Phi) is 4.18. The molecule has 0 N–H and O–H groups in total. The molecule has 0 atom stereocenters. The normalized spacial score (nSPS) is 14.7. The van der Waals surface area contributed by atoms with Crippen LogP contribution in [0.25, 0.3) is 32.9 Å². The molecule has 2 aliphatic heterocycles. The third-order valence-corrected chi connectivity index (χ3v) is 6.13. The van der Waals surface area contributed by atoms with Gasteiger partial charge in [0, 0.05) is 34.7 Å². The maximum Gasteiger partial charge on any atom is 0.119 e. The quantitative estimate of drug-likeness (QED) is 0.392. The number of ether oxygens (including phenoxy) is 2. The highest BCUT2D eigenvalue weighted by molar-refractivity contribution is 6.21. The van der Waals surface area contributed by atoms with Gasteiger partial charge in [-0.15, -0.1) is 0 Å². The van der Waals surface area contributed by atoms with Crippen molar-refractivity contribution in [2.75, 3.05) is 14.2 Å². The Balaban J connectivity index is 1.51. The van der Waals surface area contributed by atoms with Crippen molar-refractivity contribution in [3.63, 3.8) is 0 Å². The van der Waals surface area contributed by atoms with E-state index in [9.17, 15) is 0 Å². The highest BCUT2D eigenvalue weighted by Crippen LogP contribution is 2.41. The molecule has 0 saturated carbocycles. The van der Waals surface area contributed by atoms with E-state index in [1.165, 1.54) is 0 Å². The minimum absolute atomic E-state index is 0.847. The molecule has 4 aromatic carbocycles. The van der Waals surface area contributed by atoms with Gasteiger partial charge in [0.25, 0.3) is 0 Å². The molecular formula is C28H20N2O2. The van der Waals surface area contributed by atoms with Crippen molar-refractivity contribution in [2.24, 2.45) is 9.98 Å². The number of nitrogens with zero attached hydrogens (tertiary/aromatic N) is 2. The van der Waals surface area contributed by atoms with Crippen LogP contribution in [-0.4, -0.2) is 26.6 Å². The van der Waals surface area contributed by atoms with Crippen molar-refractivity contribution in [2.45, 2.75) is 0 Å². The van der Waals surface area contributed by atoms with Crippen LogP contribution < -0.4 is 9.47 Å². The van der Waals surface area contributed by atoms with E-state index in [0.29, 0.717) is 0 Å². The summed E-state index contributed by atoms with van der Waals surface area (Å²) in [6.07, 6.45) is 3.88. The number of fused-ring (bicyclic) bond motifs is 3. The van der Waals surface area contributed by atoms with Crippen molar-refractivity contribution in [1.82, 2.24) is 0 Å². The average molecular weight is 416 g/mol. The number of hydrogen-bond acceptors (Lipinski definition) is 4. The summed E-state index contributed by atoms with van der Waals surface area (Å²) >= 11 is 0. The monoisotopic (exact) mass is 416 g/mol. The molecule has 0 aliphatic carbocycles. The third kappa shape index (κ3) is 2.77. The van der Waals surface area contributed by atoms with Gasteiger partial charge in [0.05, 0.1) is 25.6 Å². The van der Waals surface area contributed by atoms with E-state index in [2.05, 4.69) is 60.7 Å². The molecule has 2 aliphatic rings. The van der Waals surface area contributed by atoms with Gasteiger partial charge < -0.3 is 9.47 Å². The number of aliphatic imine (C=N–C) groups is 2. The van der Waals surface area contributed by atoms with Gasteiger partial charge in [-0.25, -0.2) is 0 Å². The first-order valence-corrected chi connectivity index (χ1v) is 10.5. The van der Waals surface area contributed by atoms with Gasteiger partial charge in [-0.2, -0.15) is 0 Å². The van der Waals surface area contributed by atoms with E-state index in [1.54, 1.807) is 14.2 Å². The zero-order valence-electron chi connectivity index (χ0n) is 17.8. The smallest absolute Gasteiger partial charge is 0.119 e. The second-order valence-corrected chi connectivity index (χ2v) is 7.83. The van der Waals surface area contributed by atoms with Crippen LogP contribution in [0, 0.1) is 0 Å². The largest absolute Gasteiger partial charge is 0.497 e. The Labute approximate surface area is 185 Å². The van der Waals surface area contributed by atoms with Crippen LogP contribution in [0.3, 0.4) is 0 Å². The summed E-state index contributed by atoms with van der Waals surface area (Å²) in [6, 6.07) is 24.8. The molecule has 32 heavy (non-hydrogen) atoms. The molecule has 0 bridgehead atoms. The van der Waals surface area contributed by atoms with Gasteiger partial charge in [0.1, 0.15) is 11.5 Å². The van der Waals surface area contributed by atoms with E-state index < -0.39 is 0 Å². The third-order valence-electron chi connectivity index (χ3n) is 6.13. The first-order valence-electron chi connectivity index (χ1n) is 10.5. The van der Waals surface area contributed by atoms with E-state index in [0.717, 1.165) is 66.7 Å². The lowest BCUT2D eigenvalue weighted by atomic mass is 9.96. The Morgan fingerprint density at radius 1 is 0.562 bits per heavy atom. The molecule has 2 heterocycles. The SMILES string of the molecule is COc1ccc2c(C3=C4C=NC(c5cccc6cc(OC)ccc56)=C4C=N3)cccc2c1. The van der Waals surface area contributed by atoms with Gasteiger partial charge in [-0.1, -0.05) is 48.5 Å². The minimum atomic E-state index is 0.847. The minimum Gasteiger partial charge on any atom is -0.497 e. The number of rotatable bonds is 4. The van der Waals surface area contributed by atoms with Gasteiger partial charge in [0.15, 0.2) is 0 Å². The van der Waals surface area contributed by atoms with Gasteiger partial charge >= 0.3 is 0 Å². The van der Waals surface area contributed by atoms with Crippen molar-refractivity contribution in [3.8, 4) is 11.5 Å². The molecule has 4 nitrogen and oxygen atoms in total. The first-order chi connectivity index (χ1) is 15.8. The second kappa shape index (κ2) is 7.20. The summed E-state index contributed by atoms with van der Waals surface area (Å²) < 4.78 is 10.8. The van der Waals surface area contributed by atoms with Gasteiger partial charge in [-0.05, 0) is 45.8 Å². The molecule has 6 rings (SSSR count). The Morgan fingerprint density at radius 2 is 1.03 bits per heavy atom. The van der Waals surface area contributed by atoms with E-state index in [4.69, 9.17) is 19.5 Å². The van der Waals surface area contributed by atoms with Crippen LogP contribution in [0.1, 0.15) is 11.1 Å². The Hall–Kier alpha value is -4.18. The lowest BCUT2D eigenvalue weighted by Crippen LogP contribution is -1.91. The van der Waals surface area contributed by atoms with Gasteiger partial charge in [-0.3, -0.25) is 9.98 Å². The Morgan fingerprint density at radius 3 is 1.47 bits per heavy atom. The topological polar surface area (TPSA) is 43.2 Å². The van der Waals surface area contributed by atoms with Gasteiger partial charge in [0.2, 0.25) is 0 Å². The fourth-order valence-electron chi connectivity index (χ4n) is 4.53. The highest BCUT2D eigenvalue weighted by Gasteiger charge is 2.26. The predicted octanol–water partition coefficient (Wildman–Crippen LogP) is 6.30. The summed E-state index contributed by atoms with van der Waals surface area (Å²) in [5, 5.41) is 4.54. The van der Waals surface area contributed by atoms with Crippen LogP contribution in [-0.2, 0) is 0 Å². The van der Waals surface area contributed by atoms with Crippen LogP contribution in [0.15, 0.2) is 93.9 Å². The number of methoxy groups -OCH3 is 2. The Bertz CT molecular complexity index is 1420. The van der Waals surface area contributed by atoms with Crippen LogP contribution in [0.5, 0.6) is 11.5 Å². The maximum absolute atomic E-state index is 5.39. The van der Waals surface area contributed by atoms with Crippen LogP contribution in [0.2, 0.25) is 0 Å². The van der Waals surface area contributed by atoms with Crippen molar-refractivity contribution < 1.29 is 9.47 Å². The number of hydrogen-bond donors (Lipinski definition) is 0. The van der Waals surface area contributed by atoms with Crippen molar-refractivity contribution in [1.29, 1.82) is 0 Å². The summed E-state index contributed by atoms with van der Waals surface area (Å²) in [5.41, 5.74) is 6.24. The molecule has 0 spiro atoms. The molecule has 0 radical (unpaired) electrons.